The fraction of sp³-hybridized carbons (Fsp3) is 0.200. The van der Waals surface area contributed by atoms with Gasteiger partial charge in [0.15, 0.2) is 0 Å². The minimum atomic E-state index is -0.444. The highest BCUT2D eigenvalue weighted by atomic mass is 32.2. The molecule has 1 heterocycles. The Bertz CT molecular complexity index is 1010. The Morgan fingerprint density at radius 2 is 1.69 bits per heavy atom. The molecule has 0 unspecified atom stereocenters. The molecule has 3 aromatic rings. The predicted molar refractivity (Wildman–Crippen MR) is 113 cm³/mol. The first kappa shape index (κ1) is 20.6. The van der Waals surface area contributed by atoms with E-state index < -0.39 is 4.92 Å². The summed E-state index contributed by atoms with van der Waals surface area (Å²) in [5, 5.41) is 20.7. The number of non-ortho nitro benzene ring substituents is 1. The minimum absolute atomic E-state index is 0.0361. The summed E-state index contributed by atoms with van der Waals surface area (Å²) in [4.78, 5) is 11.0. The smallest absolute Gasteiger partial charge is 0.269 e. The van der Waals surface area contributed by atoms with Gasteiger partial charge in [0.25, 0.3) is 5.69 Å². The van der Waals surface area contributed by atoms with Gasteiger partial charge in [-0.3, -0.25) is 10.1 Å². The summed E-state index contributed by atoms with van der Waals surface area (Å²) in [6.45, 7) is 0.923. The van der Waals surface area contributed by atoms with Gasteiger partial charge < -0.3 is 9.47 Å². The molecule has 0 aliphatic heterocycles. The standard InChI is InChI=1S/C20H17N3O4S2/c1-28-20-18(13-21)19(29-22-20)14-3-7-16(8-4-14)26-11-2-12-27-17-9-5-15(6-10-17)23(24)25/h3-10H,2,11-12H2,1H3. The topological polar surface area (TPSA) is 98.3 Å². The van der Waals surface area contributed by atoms with Crippen molar-refractivity contribution in [3.63, 3.8) is 0 Å². The first-order valence-corrected chi connectivity index (χ1v) is 10.7. The highest BCUT2D eigenvalue weighted by molar-refractivity contribution is 7.98. The van der Waals surface area contributed by atoms with Crippen molar-refractivity contribution >= 4 is 29.0 Å². The van der Waals surface area contributed by atoms with E-state index in [9.17, 15) is 15.4 Å². The monoisotopic (exact) mass is 427 g/mol. The number of nitro benzene ring substituents is 1. The van der Waals surface area contributed by atoms with E-state index in [2.05, 4.69) is 10.4 Å². The number of hydrogen-bond donors (Lipinski definition) is 0. The third-order valence-corrected chi connectivity index (χ3v) is 5.65. The zero-order valence-electron chi connectivity index (χ0n) is 15.5. The fourth-order valence-corrected chi connectivity index (χ4v) is 4.08. The molecule has 29 heavy (non-hydrogen) atoms. The van der Waals surface area contributed by atoms with Crippen LogP contribution in [0.5, 0.6) is 11.5 Å². The molecule has 9 heteroatoms. The minimum Gasteiger partial charge on any atom is -0.493 e. The maximum absolute atomic E-state index is 10.6. The van der Waals surface area contributed by atoms with Crippen molar-refractivity contribution in [2.24, 2.45) is 0 Å². The average Bonchev–Trinajstić information content (AvgIpc) is 3.17. The van der Waals surface area contributed by atoms with Crippen LogP contribution in [0.2, 0.25) is 0 Å². The number of nitriles is 1. The largest absolute Gasteiger partial charge is 0.493 e. The summed E-state index contributed by atoms with van der Waals surface area (Å²) >= 11 is 2.79. The van der Waals surface area contributed by atoms with E-state index in [0.29, 0.717) is 30.9 Å². The lowest BCUT2D eigenvalue weighted by molar-refractivity contribution is -0.384. The number of nitro groups is 1. The van der Waals surface area contributed by atoms with E-state index in [-0.39, 0.29) is 5.69 Å². The Morgan fingerprint density at radius 1 is 1.10 bits per heavy atom. The second-order valence-electron chi connectivity index (χ2n) is 5.83. The number of aromatic nitrogens is 1. The average molecular weight is 428 g/mol. The Hall–Kier alpha value is -3.09. The van der Waals surface area contributed by atoms with E-state index in [4.69, 9.17) is 9.47 Å². The van der Waals surface area contributed by atoms with Gasteiger partial charge in [-0.15, -0.1) is 11.8 Å². The van der Waals surface area contributed by atoms with Crippen LogP contribution in [0.1, 0.15) is 12.0 Å². The molecule has 148 valence electrons. The second kappa shape index (κ2) is 9.91. The number of hydrogen-bond acceptors (Lipinski definition) is 8. The van der Waals surface area contributed by atoms with Gasteiger partial charge in [-0.1, -0.05) is 0 Å². The molecule has 0 fully saturated rings. The number of benzene rings is 2. The van der Waals surface area contributed by atoms with Gasteiger partial charge in [-0.05, 0) is 59.7 Å². The molecule has 0 N–H and O–H groups in total. The van der Waals surface area contributed by atoms with Gasteiger partial charge in [-0.2, -0.15) is 9.64 Å². The van der Waals surface area contributed by atoms with E-state index in [0.717, 1.165) is 21.2 Å². The molecule has 0 amide bonds. The first-order valence-electron chi connectivity index (χ1n) is 8.66. The Balaban J connectivity index is 1.46. The lowest BCUT2D eigenvalue weighted by atomic mass is 10.1. The highest BCUT2D eigenvalue weighted by Crippen LogP contribution is 2.34. The molecular formula is C20H17N3O4S2. The Labute approximate surface area is 176 Å². The third kappa shape index (κ3) is 5.25. The van der Waals surface area contributed by atoms with E-state index in [1.54, 1.807) is 12.1 Å². The molecule has 0 aliphatic carbocycles. The van der Waals surface area contributed by atoms with Crippen LogP contribution in [0, 0.1) is 21.4 Å². The molecule has 0 bridgehead atoms. The van der Waals surface area contributed by atoms with Gasteiger partial charge in [-0.25, -0.2) is 0 Å². The van der Waals surface area contributed by atoms with Crippen LogP contribution in [-0.2, 0) is 0 Å². The van der Waals surface area contributed by atoms with Crippen molar-refractivity contribution in [3.05, 3.63) is 64.2 Å². The van der Waals surface area contributed by atoms with Crippen LogP contribution in [0.3, 0.4) is 0 Å². The predicted octanol–water partition coefficient (Wildman–Crippen LogP) is 5.16. The van der Waals surface area contributed by atoms with Crippen LogP contribution in [0.15, 0.2) is 53.6 Å². The van der Waals surface area contributed by atoms with Crippen molar-refractivity contribution < 1.29 is 14.4 Å². The fourth-order valence-electron chi connectivity index (χ4n) is 2.52. The molecule has 1 aromatic heterocycles. The van der Waals surface area contributed by atoms with Crippen LogP contribution in [0.4, 0.5) is 5.69 Å². The highest BCUT2D eigenvalue weighted by Gasteiger charge is 2.14. The summed E-state index contributed by atoms with van der Waals surface area (Å²) in [5.74, 6) is 1.32. The molecule has 0 saturated carbocycles. The molecule has 0 saturated heterocycles. The van der Waals surface area contributed by atoms with E-state index in [1.807, 2.05) is 30.5 Å². The maximum Gasteiger partial charge on any atom is 0.269 e. The van der Waals surface area contributed by atoms with E-state index in [1.165, 1.54) is 35.4 Å². The van der Waals surface area contributed by atoms with Crippen LogP contribution >= 0.6 is 23.3 Å². The summed E-state index contributed by atoms with van der Waals surface area (Å²) < 4.78 is 15.6. The molecule has 0 atom stereocenters. The maximum atomic E-state index is 10.6. The molecule has 0 radical (unpaired) electrons. The van der Waals surface area contributed by atoms with Crippen molar-refractivity contribution in [2.45, 2.75) is 11.4 Å². The zero-order valence-corrected chi connectivity index (χ0v) is 17.2. The Kier molecular flexibility index (Phi) is 7.05. The number of thioether (sulfide) groups is 1. The summed E-state index contributed by atoms with van der Waals surface area (Å²) in [6, 6.07) is 15.8. The molecule has 7 nitrogen and oxygen atoms in total. The van der Waals surface area contributed by atoms with Gasteiger partial charge in [0.05, 0.1) is 23.0 Å². The lowest BCUT2D eigenvalue weighted by Gasteiger charge is -2.08. The van der Waals surface area contributed by atoms with Crippen LogP contribution < -0.4 is 9.47 Å². The van der Waals surface area contributed by atoms with Gasteiger partial charge >= 0.3 is 0 Å². The van der Waals surface area contributed by atoms with Gasteiger partial charge in [0.2, 0.25) is 0 Å². The zero-order chi connectivity index (χ0) is 20.6. The second-order valence-corrected chi connectivity index (χ2v) is 7.40. The molecular weight excluding hydrogens is 410 g/mol. The van der Waals surface area contributed by atoms with Crippen molar-refractivity contribution in [1.29, 1.82) is 5.26 Å². The normalized spacial score (nSPS) is 10.3. The first-order chi connectivity index (χ1) is 14.1. The summed E-state index contributed by atoms with van der Waals surface area (Å²) in [5.41, 5.74) is 1.58. The molecule has 0 aliphatic rings. The lowest BCUT2D eigenvalue weighted by Crippen LogP contribution is -2.05. The third-order valence-electron chi connectivity index (χ3n) is 3.96. The summed E-state index contributed by atoms with van der Waals surface area (Å²) in [7, 11) is 0. The van der Waals surface area contributed by atoms with E-state index >= 15 is 0 Å². The quantitative estimate of drug-likeness (QED) is 0.201. The number of nitrogens with zero attached hydrogens (tertiary/aromatic N) is 3. The molecule has 2 aromatic carbocycles. The van der Waals surface area contributed by atoms with Crippen molar-refractivity contribution in [2.75, 3.05) is 19.5 Å². The van der Waals surface area contributed by atoms with Crippen molar-refractivity contribution in [3.8, 4) is 28.0 Å². The van der Waals surface area contributed by atoms with Gasteiger partial charge in [0.1, 0.15) is 28.2 Å². The van der Waals surface area contributed by atoms with Crippen LogP contribution in [0.25, 0.3) is 10.4 Å². The molecule has 0 spiro atoms. The number of rotatable bonds is 9. The van der Waals surface area contributed by atoms with Gasteiger partial charge in [0, 0.05) is 18.6 Å². The molecule has 3 rings (SSSR count). The van der Waals surface area contributed by atoms with Crippen molar-refractivity contribution in [1.82, 2.24) is 4.37 Å². The SMILES string of the molecule is CSc1nsc(-c2ccc(OCCCOc3ccc([N+](=O)[O-])cc3)cc2)c1C#N. The Morgan fingerprint density at radius 3 is 2.21 bits per heavy atom. The number of ether oxygens (including phenoxy) is 2. The summed E-state index contributed by atoms with van der Waals surface area (Å²) in [6.07, 6.45) is 2.57. The van der Waals surface area contributed by atoms with Crippen LogP contribution in [-0.4, -0.2) is 28.8 Å².